The van der Waals surface area contributed by atoms with Crippen molar-refractivity contribution in [3.05, 3.63) is 23.8 Å². The van der Waals surface area contributed by atoms with Crippen LogP contribution in [0.25, 0.3) is 0 Å². The molecule has 154 valence electrons. The Labute approximate surface area is 170 Å². The van der Waals surface area contributed by atoms with Crippen molar-refractivity contribution in [3.8, 4) is 11.5 Å². The van der Waals surface area contributed by atoms with Gasteiger partial charge in [-0.05, 0) is 69.8 Å². The number of benzene rings is 1. The van der Waals surface area contributed by atoms with E-state index in [1.165, 1.54) is 0 Å². The zero-order chi connectivity index (χ0) is 20.1. The molecule has 1 N–H and O–H groups in total. The molecule has 7 rings (SSSR count). The van der Waals surface area contributed by atoms with Gasteiger partial charge < -0.3 is 19.5 Å². The van der Waals surface area contributed by atoms with E-state index in [0.29, 0.717) is 18.8 Å². The monoisotopic (exact) mass is 397 g/mol. The van der Waals surface area contributed by atoms with Gasteiger partial charge in [0.15, 0.2) is 11.5 Å². The molecular formula is C23H27NO5. The van der Waals surface area contributed by atoms with Crippen LogP contribution in [0, 0.1) is 28.6 Å². The van der Waals surface area contributed by atoms with Gasteiger partial charge in [0, 0.05) is 11.6 Å². The molecule has 5 unspecified atom stereocenters. The van der Waals surface area contributed by atoms with Crippen molar-refractivity contribution in [1.29, 1.82) is 0 Å². The highest BCUT2D eigenvalue weighted by molar-refractivity contribution is 5.91. The molecule has 0 aromatic heterocycles. The summed E-state index contributed by atoms with van der Waals surface area (Å²) in [6.07, 6.45) is 4.36. The van der Waals surface area contributed by atoms with Gasteiger partial charge in [-0.1, -0.05) is 12.1 Å². The highest BCUT2D eigenvalue weighted by atomic mass is 16.7. The number of hydrogen-bond donors (Lipinski definition) is 1. The quantitative estimate of drug-likeness (QED) is 0.789. The van der Waals surface area contributed by atoms with Gasteiger partial charge >= 0.3 is 5.97 Å². The lowest BCUT2D eigenvalue weighted by atomic mass is 9.47. The highest BCUT2D eigenvalue weighted by Crippen LogP contribution is 2.65. The minimum Gasteiger partial charge on any atom is -0.481 e. The molecule has 2 heterocycles. The highest BCUT2D eigenvalue weighted by Gasteiger charge is 2.66. The number of likely N-dealkylation sites (tertiary alicyclic amines) is 1. The van der Waals surface area contributed by atoms with Gasteiger partial charge in [0.25, 0.3) is 0 Å². The van der Waals surface area contributed by atoms with Gasteiger partial charge in [0.05, 0.1) is 16.9 Å². The van der Waals surface area contributed by atoms with E-state index in [1.807, 2.05) is 32.0 Å². The largest absolute Gasteiger partial charge is 0.481 e. The lowest BCUT2D eigenvalue weighted by Crippen LogP contribution is -2.70. The molecule has 0 radical (unpaired) electrons. The lowest BCUT2D eigenvalue weighted by molar-refractivity contribution is -0.202. The van der Waals surface area contributed by atoms with Gasteiger partial charge in [-0.2, -0.15) is 0 Å². The number of rotatable bonds is 3. The molecule has 4 bridgehead atoms. The van der Waals surface area contributed by atoms with E-state index in [1.54, 1.807) is 0 Å². The van der Waals surface area contributed by atoms with Crippen LogP contribution < -0.4 is 9.47 Å². The van der Waals surface area contributed by atoms with Crippen molar-refractivity contribution in [2.45, 2.75) is 58.0 Å². The number of ether oxygens (including phenoxy) is 2. The van der Waals surface area contributed by atoms with Crippen molar-refractivity contribution in [2.75, 3.05) is 6.79 Å². The Morgan fingerprint density at radius 1 is 1.14 bits per heavy atom. The number of amides is 1. The van der Waals surface area contributed by atoms with E-state index in [-0.39, 0.29) is 36.6 Å². The lowest BCUT2D eigenvalue weighted by Gasteiger charge is -2.66. The molecule has 0 spiro atoms. The SMILES string of the molecule is CC1(C)C(=O)N(C2C3CC4C[C@H]2CC(C(=O)O)(C4)C3)C1c1cccc2c1OCO2. The van der Waals surface area contributed by atoms with Crippen molar-refractivity contribution in [2.24, 2.45) is 28.6 Å². The van der Waals surface area contributed by atoms with E-state index >= 15 is 0 Å². The van der Waals surface area contributed by atoms with Crippen LogP contribution >= 0.6 is 0 Å². The van der Waals surface area contributed by atoms with Crippen LogP contribution in [0.5, 0.6) is 11.5 Å². The Bertz CT molecular complexity index is 908. The summed E-state index contributed by atoms with van der Waals surface area (Å²) in [7, 11) is 0. The number of nitrogens with zero attached hydrogens (tertiary/aromatic N) is 1. The number of hydrogen-bond acceptors (Lipinski definition) is 4. The van der Waals surface area contributed by atoms with Crippen LogP contribution in [0.1, 0.15) is 57.6 Å². The molecule has 6 atom stereocenters. The third-order valence-electron chi connectivity index (χ3n) is 8.47. The van der Waals surface area contributed by atoms with Crippen LogP contribution in [0.15, 0.2) is 18.2 Å². The van der Waals surface area contributed by atoms with Crippen LogP contribution in [0.3, 0.4) is 0 Å². The Morgan fingerprint density at radius 2 is 1.86 bits per heavy atom. The topological polar surface area (TPSA) is 76.1 Å². The van der Waals surface area contributed by atoms with Gasteiger partial charge in [0.2, 0.25) is 12.7 Å². The fourth-order valence-corrected chi connectivity index (χ4v) is 7.58. The molecule has 2 aliphatic heterocycles. The molecular weight excluding hydrogens is 370 g/mol. The molecule has 4 saturated carbocycles. The number of para-hydroxylation sites is 1. The van der Waals surface area contributed by atoms with E-state index in [4.69, 9.17) is 9.47 Å². The maximum Gasteiger partial charge on any atom is 0.309 e. The second kappa shape index (κ2) is 5.46. The van der Waals surface area contributed by atoms with E-state index < -0.39 is 16.8 Å². The number of aliphatic carboxylic acids is 1. The first-order valence-electron chi connectivity index (χ1n) is 10.8. The van der Waals surface area contributed by atoms with Gasteiger partial charge in [-0.15, -0.1) is 0 Å². The number of carboxylic acid groups (broad SMARTS) is 1. The van der Waals surface area contributed by atoms with Crippen molar-refractivity contribution in [1.82, 2.24) is 4.90 Å². The van der Waals surface area contributed by atoms with Crippen molar-refractivity contribution >= 4 is 11.9 Å². The third kappa shape index (κ3) is 2.12. The van der Waals surface area contributed by atoms with E-state index in [2.05, 4.69) is 4.90 Å². The Morgan fingerprint density at radius 3 is 2.55 bits per heavy atom. The fraction of sp³-hybridized carbons (Fsp3) is 0.652. The van der Waals surface area contributed by atoms with Crippen LogP contribution in [0.4, 0.5) is 0 Å². The zero-order valence-corrected chi connectivity index (χ0v) is 16.9. The Kier molecular flexibility index (Phi) is 3.32. The maximum atomic E-state index is 13.3. The predicted octanol–water partition coefficient (Wildman–Crippen LogP) is 3.60. The molecule has 6 nitrogen and oxygen atoms in total. The first kappa shape index (κ1) is 17.6. The molecule has 6 aliphatic rings. The predicted molar refractivity (Wildman–Crippen MR) is 103 cm³/mol. The van der Waals surface area contributed by atoms with E-state index in [0.717, 1.165) is 36.3 Å². The summed E-state index contributed by atoms with van der Waals surface area (Å²) in [4.78, 5) is 27.5. The summed E-state index contributed by atoms with van der Waals surface area (Å²) >= 11 is 0. The number of fused-ring (bicyclic) bond motifs is 1. The average Bonchev–Trinajstić information content (AvgIpc) is 3.15. The Hall–Kier alpha value is -2.24. The molecule has 29 heavy (non-hydrogen) atoms. The molecule has 6 heteroatoms. The third-order valence-corrected chi connectivity index (χ3v) is 8.47. The Balaban J connectivity index is 1.39. The standard InChI is InChI=1S/C23H27NO5/c1-22(2)19(15-4-3-5-16-18(15)29-11-28-16)24(20(22)25)17-13-6-12-7-14(17)10-23(8-12,9-13)21(26)27/h3-5,12-14,17,19H,6-11H2,1-2H3,(H,26,27)/t12?,13-,14?,17?,19?,23?/m0/s1. The fourth-order valence-electron chi connectivity index (χ4n) is 7.58. The minimum atomic E-state index is -0.631. The number of carbonyl (C=O) groups is 2. The summed E-state index contributed by atoms with van der Waals surface area (Å²) in [5, 5.41) is 9.93. The number of carboxylic acids is 1. The molecule has 5 fully saturated rings. The summed E-state index contributed by atoms with van der Waals surface area (Å²) in [6.45, 7) is 4.24. The van der Waals surface area contributed by atoms with Gasteiger partial charge in [0.1, 0.15) is 0 Å². The number of β-lactam (4-membered cyclic amide) rings is 1. The summed E-state index contributed by atoms with van der Waals surface area (Å²) in [5.41, 5.74) is -0.0387. The smallest absolute Gasteiger partial charge is 0.309 e. The van der Waals surface area contributed by atoms with Crippen molar-refractivity contribution < 1.29 is 24.2 Å². The first-order chi connectivity index (χ1) is 13.8. The minimum absolute atomic E-state index is 0.0602. The second-order valence-corrected chi connectivity index (χ2v) is 10.5. The normalized spacial score (nSPS) is 40.8. The maximum absolute atomic E-state index is 13.3. The van der Waals surface area contributed by atoms with Crippen LogP contribution in [-0.4, -0.2) is 34.7 Å². The number of carbonyl (C=O) groups excluding carboxylic acids is 1. The van der Waals surface area contributed by atoms with Gasteiger partial charge in [-0.3, -0.25) is 9.59 Å². The summed E-state index contributed by atoms with van der Waals surface area (Å²) in [5.74, 6) is 2.12. The zero-order valence-electron chi connectivity index (χ0n) is 16.9. The average molecular weight is 397 g/mol. The van der Waals surface area contributed by atoms with Crippen LogP contribution in [-0.2, 0) is 9.59 Å². The molecule has 1 saturated heterocycles. The molecule has 4 aliphatic carbocycles. The summed E-state index contributed by atoms with van der Waals surface area (Å²) in [6, 6.07) is 6.01. The van der Waals surface area contributed by atoms with Crippen LogP contribution in [0.2, 0.25) is 0 Å². The molecule has 1 amide bonds. The molecule has 1 aromatic rings. The van der Waals surface area contributed by atoms with E-state index in [9.17, 15) is 14.7 Å². The summed E-state index contributed by atoms with van der Waals surface area (Å²) < 4.78 is 11.4. The second-order valence-electron chi connectivity index (χ2n) is 10.5. The first-order valence-corrected chi connectivity index (χ1v) is 10.8. The van der Waals surface area contributed by atoms with Crippen molar-refractivity contribution in [3.63, 3.8) is 0 Å². The van der Waals surface area contributed by atoms with Gasteiger partial charge in [-0.25, -0.2) is 0 Å². The molecule has 1 aromatic carbocycles.